The SMILES string of the molecule is Cc1ccc(C2CC(C(=O)Nc3cc(Cl)ccc3Cl)NN2)cc1. The van der Waals surface area contributed by atoms with E-state index in [-0.39, 0.29) is 18.0 Å². The molecule has 0 radical (unpaired) electrons. The highest BCUT2D eigenvalue weighted by molar-refractivity contribution is 6.35. The van der Waals surface area contributed by atoms with Gasteiger partial charge in [-0.1, -0.05) is 53.0 Å². The van der Waals surface area contributed by atoms with E-state index in [4.69, 9.17) is 23.2 Å². The zero-order valence-electron chi connectivity index (χ0n) is 12.6. The number of hydrogen-bond acceptors (Lipinski definition) is 3. The Morgan fingerprint density at radius 2 is 1.87 bits per heavy atom. The molecule has 3 rings (SSSR count). The fraction of sp³-hybridized carbons (Fsp3) is 0.235. The highest BCUT2D eigenvalue weighted by atomic mass is 35.5. The Hall–Kier alpha value is -1.59. The Balaban J connectivity index is 1.65. The number of carbonyl (C=O) groups is 1. The van der Waals surface area contributed by atoms with E-state index >= 15 is 0 Å². The topological polar surface area (TPSA) is 53.2 Å². The molecule has 1 saturated heterocycles. The number of hydrazine groups is 1. The fourth-order valence-electron chi connectivity index (χ4n) is 2.56. The molecule has 4 nitrogen and oxygen atoms in total. The summed E-state index contributed by atoms with van der Waals surface area (Å²) in [5.41, 5.74) is 9.08. The van der Waals surface area contributed by atoms with E-state index in [1.54, 1.807) is 18.2 Å². The third-order valence-electron chi connectivity index (χ3n) is 3.89. The monoisotopic (exact) mass is 349 g/mol. The number of hydrogen-bond donors (Lipinski definition) is 3. The normalized spacial score (nSPS) is 20.5. The Morgan fingerprint density at radius 1 is 1.13 bits per heavy atom. The smallest absolute Gasteiger partial charge is 0.242 e. The summed E-state index contributed by atoms with van der Waals surface area (Å²) in [6.45, 7) is 2.05. The van der Waals surface area contributed by atoms with Gasteiger partial charge in [0.15, 0.2) is 0 Å². The average molecular weight is 350 g/mol. The highest BCUT2D eigenvalue weighted by Gasteiger charge is 2.30. The molecule has 2 unspecified atom stereocenters. The maximum Gasteiger partial charge on any atom is 0.242 e. The van der Waals surface area contributed by atoms with Crippen LogP contribution < -0.4 is 16.2 Å². The number of amides is 1. The molecule has 2 atom stereocenters. The van der Waals surface area contributed by atoms with Gasteiger partial charge in [0.25, 0.3) is 0 Å². The number of benzene rings is 2. The van der Waals surface area contributed by atoms with E-state index in [2.05, 4.69) is 47.4 Å². The molecule has 0 bridgehead atoms. The summed E-state index contributed by atoms with van der Waals surface area (Å²) in [7, 11) is 0. The van der Waals surface area contributed by atoms with Crippen LogP contribution in [0, 0.1) is 6.92 Å². The summed E-state index contributed by atoms with van der Waals surface area (Å²) in [5.74, 6) is -0.142. The first-order chi connectivity index (χ1) is 11.0. The van der Waals surface area contributed by atoms with Crippen LogP contribution in [0.2, 0.25) is 10.0 Å². The van der Waals surface area contributed by atoms with E-state index in [0.29, 0.717) is 22.2 Å². The van der Waals surface area contributed by atoms with Crippen molar-refractivity contribution in [2.45, 2.75) is 25.4 Å². The predicted octanol–water partition coefficient (Wildman–Crippen LogP) is 3.85. The van der Waals surface area contributed by atoms with E-state index in [9.17, 15) is 4.79 Å². The minimum Gasteiger partial charge on any atom is -0.323 e. The Kier molecular flexibility index (Phi) is 4.87. The van der Waals surface area contributed by atoms with Gasteiger partial charge in [-0.3, -0.25) is 4.79 Å². The lowest BCUT2D eigenvalue weighted by Gasteiger charge is -2.12. The van der Waals surface area contributed by atoms with Crippen LogP contribution in [0.5, 0.6) is 0 Å². The lowest BCUT2D eigenvalue weighted by molar-refractivity contribution is -0.117. The van der Waals surface area contributed by atoms with Gasteiger partial charge in [0.1, 0.15) is 6.04 Å². The molecule has 120 valence electrons. The first-order valence-electron chi connectivity index (χ1n) is 7.36. The molecule has 0 aliphatic carbocycles. The summed E-state index contributed by atoms with van der Waals surface area (Å²) >= 11 is 12.0. The third kappa shape index (κ3) is 3.85. The molecule has 0 spiro atoms. The Labute approximate surface area is 145 Å². The minimum absolute atomic E-state index is 0.0983. The highest BCUT2D eigenvalue weighted by Crippen LogP contribution is 2.27. The van der Waals surface area contributed by atoms with E-state index in [1.807, 2.05) is 0 Å². The van der Waals surface area contributed by atoms with Crippen molar-refractivity contribution in [1.82, 2.24) is 10.9 Å². The van der Waals surface area contributed by atoms with Crippen LogP contribution in [0.15, 0.2) is 42.5 Å². The number of carbonyl (C=O) groups excluding carboxylic acids is 1. The van der Waals surface area contributed by atoms with Crippen molar-refractivity contribution in [3.05, 3.63) is 63.6 Å². The molecule has 0 aromatic heterocycles. The predicted molar refractivity (Wildman–Crippen MR) is 93.7 cm³/mol. The van der Waals surface area contributed by atoms with Crippen LogP contribution in [0.1, 0.15) is 23.6 Å². The summed E-state index contributed by atoms with van der Waals surface area (Å²) in [6.07, 6.45) is 0.660. The molecule has 6 heteroatoms. The molecule has 1 heterocycles. The summed E-state index contributed by atoms with van der Waals surface area (Å²) < 4.78 is 0. The Bertz CT molecular complexity index is 718. The van der Waals surface area contributed by atoms with Crippen molar-refractivity contribution in [2.75, 3.05) is 5.32 Å². The molecule has 1 fully saturated rings. The van der Waals surface area contributed by atoms with Crippen molar-refractivity contribution in [1.29, 1.82) is 0 Å². The zero-order chi connectivity index (χ0) is 16.4. The molecule has 1 amide bonds. The van der Waals surface area contributed by atoms with E-state index in [0.717, 1.165) is 5.56 Å². The first kappa shape index (κ1) is 16.3. The average Bonchev–Trinajstić information content (AvgIpc) is 3.02. The quantitative estimate of drug-likeness (QED) is 0.788. The Morgan fingerprint density at radius 3 is 2.61 bits per heavy atom. The first-order valence-corrected chi connectivity index (χ1v) is 8.12. The molecule has 1 aliphatic heterocycles. The lowest BCUT2D eigenvalue weighted by Crippen LogP contribution is -2.39. The minimum atomic E-state index is -0.337. The van der Waals surface area contributed by atoms with Gasteiger partial charge in [0.2, 0.25) is 5.91 Å². The molecule has 2 aromatic carbocycles. The van der Waals surface area contributed by atoms with Crippen LogP contribution in [0.4, 0.5) is 5.69 Å². The second-order valence-corrected chi connectivity index (χ2v) is 6.50. The number of rotatable bonds is 3. The van der Waals surface area contributed by atoms with Crippen LogP contribution >= 0.6 is 23.2 Å². The second-order valence-electron chi connectivity index (χ2n) is 5.65. The van der Waals surface area contributed by atoms with Crippen molar-refractivity contribution in [2.24, 2.45) is 0 Å². The van der Waals surface area contributed by atoms with Gasteiger partial charge in [-0.2, -0.15) is 0 Å². The van der Waals surface area contributed by atoms with Gasteiger partial charge in [0, 0.05) is 11.1 Å². The van der Waals surface area contributed by atoms with E-state index < -0.39 is 0 Å². The van der Waals surface area contributed by atoms with Crippen molar-refractivity contribution in [3.8, 4) is 0 Å². The number of halogens is 2. The number of anilines is 1. The van der Waals surface area contributed by atoms with Crippen LogP contribution in [-0.2, 0) is 4.79 Å². The standard InChI is InChI=1S/C17H17Cl2N3O/c1-10-2-4-11(5-3-10)14-9-16(22-21-14)17(23)20-15-8-12(18)6-7-13(15)19/h2-8,14,16,21-22H,9H2,1H3,(H,20,23). The van der Waals surface area contributed by atoms with Gasteiger partial charge < -0.3 is 5.32 Å². The summed E-state index contributed by atoms with van der Waals surface area (Å²) in [4.78, 5) is 12.4. The largest absolute Gasteiger partial charge is 0.323 e. The molecule has 0 saturated carbocycles. The van der Waals surface area contributed by atoms with Gasteiger partial charge in [-0.15, -0.1) is 0 Å². The summed E-state index contributed by atoms with van der Waals surface area (Å²) in [5, 5.41) is 3.81. The molecular formula is C17H17Cl2N3O. The fourth-order valence-corrected chi connectivity index (χ4v) is 2.90. The van der Waals surface area contributed by atoms with Crippen molar-refractivity contribution < 1.29 is 4.79 Å². The van der Waals surface area contributed by atoms with E-state index in [1.165, 1.54) is 5.56 Å². The molecule has 23 heavy (non-hydrogen) atoms. The van der Waals surface area contributed by atoms with Gasteiger partial charge in [-0.25, -0.2) is 10.9 Å². The van der Waals surface area contributed by atoms with Crippen LogP contribution in [0.25, 0.3) is 0 Å². The van der Waals surface area contributed by atoms with Crippen LogP contribution in [0.3, 0.4) is 0 Å². The molecular weight excluding hydrogens is 333 g/mol. The number of nitrogens with one attached hydrogen (secondary N) is 3. The zero-order valence-corrected chi connectivity index (χ0v) is 14.1. The molecule has 1 aliphatic rings. The van der Waals surface area contributed by atoms with Gasteiger partial charge in [-0.05, 0) is 37.1 Å². The maximum absolute atomic E-state index is 12.4. The lowest BCUT2D eigenvalue weighted by atomic mass is 10.0. The van der Waals surface area contributed by atoms with Crippen molar-refractivity contribution >= 4 is 34.8 Å². The van der Waals surface area contributed by atoms with Crippen LogP contribution in [-0.4, -0.2) is 11.9 Å². The second kappa shape index (κ2) is 6.89. The maximum atomic E-state index is 12.4. The molecule has 2 aromatic rings. The molecule has 3 N–H and O–H groups in total. The number of aryl methyl sites for hydroxylation is 1. The van der Waals surface area contributed by atoms with Gasteiger partial charge in [0.05, 0.1) is 10.7 Å². The van der Waals surface area contributed by atoms with Crippen molar-refractivity contribution in [3.63, 3.8) is 0 Å². The third-order valence-corrected chi connectivity index (χ3v) is 4.45. The summed E-state index contributed by atoms with van der Waals surface area (Å²) in [6, 6.07) is 13.0. The van der Waals surface area contributed by atoms with Gasteiger partial charge >= 0.3 is 0 Å².